The summed E-state index contributed by atoms with van der Waals surface area (Å²) >= 11 is 0. The van der Waals surface area contributed by atoms with Crippen molar-refractivity contribution in [3.8, 4) is 0 Å². The number of hydrogen-bond acceptors (Lipinski definition) is 3. The smallest absolute Gasteiger partial charge is 0.318 e. The summed E-state index contributed by atoms with van der Waals surface area (Å²) < 4.78 is 0. The van der Waals surface area contributed by atoms with Gasteiger partial charge >= 0.3 is 5.97 Å². The molecule has 1 aromatic heterocycles. The van der Waals surface area contributed by atoms with Crippen LogP contribution < -0.4 is 0 Å². The van der Waals surface area contributed by atoms with Crippen LogP contribution in [0.15, 0.2) is 24.3 Å². The van der Waals surface area contributed by atoms with Gasteiger partial charge in [-0.25, -0.2) is 4.98 Å². The van der Waals surface area contributed by atoms with Gasteiger partial charge in [0.25, 0.3) is 0 Å². The Morgan fingerprint density at radius 3 is 2.60 bits per heavy atom. The standard InChI is InChI=1S/C14H17N3O3/c1-14(2,13(19)20)12(18)17(3)8-11-15-9-6-4-5-7-10(9)16-11/h4-7H,8H2,1-3H3,(H,15,16)(H,19,20). The number of aromatic amines is 1. The predicted octanol–water partition coefficient (Wildman–Crippen LogP) is 1.63. The van der Waals surface area contributed by atoms with Crippen molar-refractivity contribution in [1.82, 2.24) is 14.9 Å². The highest BCUT2D eigenvalue weighted by molar-refractivity contribution is 6.00. The molecule has 0 fully saturated rings. The van der Waals surface area contributed by atoms with Crippen molar-refractivity contribution in [2.45, 2.75) is 20.4 Å². The maximum absolute atomic E-state index is 12.1. The summed E-state index contributed by atoms with van der Waals surface area (Å²) in [6, 6.07) is 7.55. The Labute approximate surface area is 116 Å². The zero-order valence-corrected chi connectivity index (χ0v) is 11.7. The molecule has 0 atom stereocenters. The molecule has 2 rings (SSSR count). The number of carboxylic acids is 1. The van der Waals surface area contributed by atoms with E-state index in [0.29, 0.717) is 5.82 Å². The molecule has 0 unspecified atom stereocenters. The topological polar surface area (TPSA) is 86.3 Å². The van der Waals surface area contributed by atoms with Crippen molar-refractivity contribution < 1.29 is 14.7 Å². The molecule has 2 aromatic rings. The number of hydrogen-bond donors (Lipinski definition) is 2. The Morgan fingerprint density at radius 2 is 2.00 bits per heavy atom. The third-order valence-electron chi connectivity index (χ3n) is 3.24. The van der Waals surface area contributed by atoms with Gasteiger partial charge in [0.1, 0.15) is 11.2 Å². The second-order valence-corrected chi connectivity index (χ2v) is 5.29. The van der Waals surface area contributed by atoms with Crippen molar-refractivity contribution in [1.29, 1.82) is 0 Å². The fourth-order valence-electron chi connectivity index (χ4n) is 1.95. The van der Waals surface area contributed by atoms with Crippen LogP contribution in [-0.4, -0.2) is 38.9 Å². The Hall–Kier alpha value is -2.37. The van der Waals surface area contributed by atoms with E-state index in [0.717, 1.165) is 11.0 Å². The number of aromatic nitrogens is 2. The van der Waals surface area contributed by atoms with Gasteiger partial charge in [-0.15, -0.1) is 0 Å². The number of H-pyrrole nitrogens is 1. The number of para-hydroxylation sites is 2. The number of carboxylic acid groups (broad SMARTS) is 1. The number of benzene rings is 1. The second kappa shape index (κ2) is 4.96. The summed E-state index contributed by atoms with van der Waals surface area (Å²) in [6.45, 7) is 3.03. The molecule has 0 radical (unpaired) electrons. The minimum atomic E-state index is -1.44. The molecule has 20 heavy (non-hydrogen) atoms. The van der Waals surface area contributed by atoms with Crippen LogP contribution in [0.4, 0.5) is 0 Å². The molecule has 0 aliphatic rings. The lowest BCUT2D eigenvalue weighted by molar-refractivity contribution is -0.157. The summed E-state index contributed by atoms with van der Waals surface area (Å²) in [5.74, 6) is -0.965. The number of nitrogens with one attached hydrogen (secondary N) is 1. The molecular weight excluding hydrogens is 258 g/mol. The summed E-state index contributed by atoms with van der Waals surface area (Å²) in [4.78, 5) is 32.1. The van der Waals surface area contributed by atoms with Crippen molar-refractivity contribution in [3.63, 3.8) is 0 Å². The van der Waals surface area contributed by atoms with Crippen LogP contribution in [0, 0.1) is 5.41 Å². The lowest BCUT2D eigenvalue weighted by atomic mass is 9.92. The minimum absolute atomic E-state index is 0.240. The number of aliphatic carboxylic acids is 1. The molecule has 0 saturated heterocycles. The maximum Gasteiger partial charge on any atom is 0.318 e. The van der Waals surface area contributed by atoms with Gasteiger partial charge in [0, 0.05) is 7.05 Å². The Balaban J connectivity index is 2.17. The maximum atomic E-state index is 12.1. The van der Waals surface area contributed by atoms with E-state index in [4.69, 9.17) is 5.11 Å². The molecule has 0 spiro atoms. The van der Waals surface area contributed by atoms with E-state index in [2.05, 4.69) is 9.97 Å². The van der Waals surface area contributed by atoms with Gasteiger partial charge in [-0.1, -0.05) is 12.1 Å². The zero-order valence-electron chi connectivity index (χ0n) is 11.7. The van der Waals surface area contributed by atoms with Crippen LogP contribution in [0.1, 0.15) is 19.7 Å². The van der Waals surface area contributed by atoms with Gasteiger partial charge in [-0.3, -0.25) is 9.59 Å². The number of amides is 1. The number of fused-ring (bicyclic) bond motifs is 1. The molecule has 6 heteroatoms. The van der Waals surface area contributed by atoms with E-state index >= 15 is 0 Å². The molecule has 2 N–H and O–H groups in total. The van der Waals surface area contributed by atoms with E-state index in [1.54, 1.807) is 7.05 Å². The van der Waals surface area contributed by atoms with E-state index < -0.39 is 17.3 Å². The van der Waals surface area contributed by atoms with Crippen LogP contribution in [0.3, 0.4) is 0 Å². The van der Waals surface area contributed by atoms with Gasteiger partial charge in [0.15, 0.2) is 0 Å². The van der Waals surface area contributed by atoms with Gasteiger partial charge in [0.05, 0.1) is 17.6 Å². The lowest BCUT2D eigenvalue weighted by Gasteiger charge is -2.25. The van der Waals surface area contributed by atoms with Gasteiger partial charge in [-0.05, 0) is 26.0 Å². The van der Waals surface area contributed by atoms with Crippen LogP contribution in [0.5, 0.6) is 0 Å². The molecule has 0 saturated carbocycles. The first-order chi connectivity index (χ1) is 9.32. The minimum Gasteiger partial charge on any atom is -0.480 e. The SMILES string of the molecule is CN(Cc1nc2ccccc2[nH]1)C(=O)C(C)(C)C(=O)O. The monoisotopic (exact) mass is 275 g/mol. The quantitative estimate of drug-likeness (QED) is 0.830. The number of imidazole rings is 1. The first-order valence-corrected chi connectivity index (χ1v) is 6.25. The number of carbonyl (C=O) groups is 2. The molecule has 1 heterocycles. The molecule has 0 bridgehead atoms. The van der Waals surface area contributed by atoms with Crippen LogP contribution in [0.25, 0.3) is 11.0 Å². The molecule has 1 amide bonds. The normalized spacial score (nSPS) is 11.6. The van der Waals surface area contributed by atoms with E-state index in [1.165, 1.54) is 18.7 Å². The Morgan fingerprint density at radius 1 is 1.35 bits per heavy atom. The molecule has 106 valence electrons. The highest BCUT2D eigenvalue weighted by atomic mass is 16.4. The lowest BCUT2D eigenvalue weighted by Crippen LogP contribution is -2.43. The van der Waals surface area contributed by atoms with Crippen molar-refractivity contribution in [2.75, 3.05) is 7.05 Å². The van der Waals surface area contributed by atoms with Crippen molar-refractivity contribution in [3.05, 3.63) is 30.1 Å². The van der Waals surface area contributed by atoms with Crippen LogP contribution in [0.2, 0.25) is 0 Å². The molecular formula is C14H17N3O3. The highest BCUT2D eigenvalue weighted by Crippen LogP contribution is 2.20. The summed E-state index contributed by atoms with van der Waals surface area (Å²) in [6.07, 6.45) is 0. The number of rotatable bonds is 4. The van der Waals surface area contributed by atoms with E-state index in [-0.39, 0.29) is 6.54 Å². The van der Waals surface area contributed by atoms with Crippen molar-refractivity contribution >= 4 is 22.9 Å². The summed E-state index contributed by atoms with van der Waals surface area (Å²) in [7, 11) is 1.57. The van der Waals surface area contributed by atoms with Gasteiger partial charge in [0.2, 0.25) is 5.91 Å². The second-order valence-electron chi connectivity index (χ2n) is 5.29. The molecule has 1 aromatic carbocycles. The first kappa shape index (κ1) is 14.0. The summed E-state index contributed by atoms with van der Waals surface area (Å²) in [5.41, 5.74) is 0.266. The predicted molar refractivity (Wildman–Crippen MR) is 74.0 cm³/mol. The van der Waals surface area contributed by atoms with Gasteiger partial charge < -0.3 is 15.0 Å². The van der Waals surface area contributed by atoms with E-state index in [1.807, 2.05) is 24.3 Å². The fourth-order valence-corrected chi connectivity index (χ4v) is 1.95. The number of carbonyl (C=O) groups excluding carboxylic acids is 1. The fraction of sp³-hybridized carbons (Fsp3) is 0.357. The molecule has 0 aliphatic carbocycles. The summed E-state index contributed by atoms with van der Waals surface area (Å²) in [5, 5.41) is 9.07. The van der Waals surface area contributed by atoms with Crippen LogP contribution in [-0.2, 0) is 16.1 Å². The average Bonchev–Trinajstić information content (AvgIpc) is 2.79. The highest BCUT2D eigenvalue weighted by Gasteiger charge is 2.38. The largest absolute Gasteiger partial charge is 0.480 e. The number of nitrogens with zero attached hydrogens (tertiary/aromatic N) is 2. The van der Waals surface area contributed by atoms with Crippen molar-refractivity contribution in [2.24, 2.45) is 5.41 Å². The average molecular weight is 275 g/mol. The first-order valence-electron chi connectivity index (χ1n) is 6.25. The molecule has 0 aliphatic heterocycles. The van der Waals surface area contributed by atoms with Gasteiger partial charge in [-0.2, -0.15) is 0 Å². The molecule has 6 nitrogen and oxygen atoms in total. The Kier molecular flexibility index (Phi) is 3.48. The van der Waals surface area contributed by atoms with E-state index in [9.17, 15) is 9.59 Å². The van der Waals surface area contributed by atoms with Crippen LogP contribution >= 0.6 is 0 Å². The third kappa shape index (κ3) is 2.49. The third-order valence-corrected chi connectivity index (χ3v) is 3.24. The zero-order chi connectivity index (χ0) is 14.9. The Bertz CT molecular complexity index is 627.